The number of hydrogen-bond donors (Lipinski definition) is 1. The van der Waals surface area contributed by atoms with Gasteiger partial charge in [0, 0.05) is 31.0 Å². The minimum atomic E-state index is -0.116. The van der Waals surface area contributed by atoms with E-state index in [2.05, 4.69) is 15.3 Å². The van der Waals surface area contributed by atoms with Crippen molar-refractivity contribution in [1.29, 1.82) is 0 Å². The first-order chi connectivity index (χ1) is 13.3. The molecule has 7 heteroatoms. The van der Waals surface area contributed by atoms with E-state index in [0.29, 0.717) is 27.9 Å². The maximum atomic E-state index is 12.8. The topological polar surface area (TPSA) is 73.0 Å². The lowest BCUT2D eigenvalue weighted by Crippen LogP contribution is -2.24. The van der Waals surface area contributed by atoms with E-state index >= 15 is 0 Å². The van der Waals surface area contributed by atoms with Gasteiger partial charge in [0.15, 0.2) is 10.8 Å². The predicted molar refractivity (Wildman–Crippen MR) is 104 cm³/mol. The third kappa shape index (κ3) is 3.98. The zero-order valence-electron chi connectivity index (χ0n) is 14.5. The number of rotatable bonds is 7. The molecule has 0 spiro atoms. The molecule has 6 nitrogen and oxygen atoms in total. The third-order valence-electron chi connectivity index (χ3n) is 4.05. The van der Waals surface area contributed by atoms with E-state index in [1.165, 1.54) is 11.3 Å². The summed E-state index contributed by atoms with van der Waals surface area (Å²) in [6.07, 6.45) is 7.86. The average molecular weight is 378 g/mol. The van der Waals surface area contributed by atoms with Crippen LogP contribution in [0.5, 0.6) is 0 Å². The van der Waals surface area contributed by atoms with Gasteiger partial charge in [-0.2, -0.15) is 0 Å². The molecule has 0 saturated carbocycles. The number of aromatic nitrogens is 3. The van der Waals surface area contributed by atoms with E-state index in [4.69, 9.17) is 4.42 Å². The van der Waals surface area contributed by atoms with Gasteiger partial charge in [-0.05, 0) is 18.6 Å². The fourth-order valence-electron chi connectivity index (χ4n) is 2.73. The summed E-state index contributed by atoms with van der Waals surface area (Å²) in [5.74, 6) is 0.547. The highest BCUT2D eigenvalue weighted by Crippen LogP contribution is 2.34. The predicted octanol–water partition coefficient (Wildman–Crippen LogP) is 4.09. The number of furan rings is 1. The summed E-state index contributed by atoms with van der Waals surface area (Å²) in [7, 11) is 0. The van der Waals surface area contributed by atoms with Gasteiger partial charge in [0.25, 0.3) is 5.91 Å². The Balaban J connectivity index is 1.52. The lowest BCUT2D eigenvalue weighted by molar-refractivity contribution is 0.0957. The Kier molecular flexibility index (Phi) is 5.11. The molecule has 0 bridgehead atoms. The molecule has 0 unspecified atom stereocenters. The van der Waals surface area contributed by atoms with Crippen molar-refractivity contribution in [3.63, 3.8) is 0 Å². The molecule has 0 radical (unpaired) electrons. The number of imidazole rings is 1. The van der Waals surface area contributed by atoms with Gasteiger partial charge in [0.05, 0.1) is 18.3 Å². The van der Waals surface area contributed by atoms with Crippen molar-refractivity contribution < 1.29 is 9.21 Å². The van der Waals surface area contributed by atoms with Crippen LogP contribution >= 0.6 is 11.3 Å². The summed E-state index contributed by atoms with van der Waals surface area (Å²) < 4.78 is 7.44. The van der Waals surface area contributed by atoms with E-state index in [1.807, 2.05) is 53.2 Å². The lowest BCUT2D eigenvalue weighted by Gasteiger charge is -2.06. The highest BCUT2D eigenvalue weighted by Gasteiger charge is 2.20. The Morgan fingerprint density at radius 1 is 1.19 bits per heavy atom. The Morgan fingerprint density at radius 2 is 2.07 bits per heavy atom. The van der Waals surface area contributed by atoms with Gasteiger partial charge in [-0.25, -0.2) is 9.97 Å². The molecule has 4 aromatic rings. The third-order valence-corrected chi connectivity index (χ3v) is 5.12. The molecule has 3 aromatic heterocycles. The summed E-state index contributed by atoms with van der Waals surface area (Å²) >= 11 is 1.34. The highest BCUT2D eigenvalue weighted by molar-refractivity contribution is 7.17. The Hall–Kier alpha value is -3.19. The fraction of sp³-hybridized carbons (Fsp3) is 0.150. The second-order valence-corrected chi connectivity index (χ2v) is 6.95. The summed E-state index contributed by atoms with van der Waals surface area (Å²) in [6, 6.07) is 13.4. The lowest BCUT2D eigenvalue weighted by atomic mass is 10.1. The molecule has 0 aliphatic carbocycles. The second kappa shape index (κ2) is 8.01. The number of thiazole rings is 1. The maximum Gasteiger partial charge on any atom is 0.263 e. The molecule has 0 saturated heterocycles. The molecule has 136 valence electrons. The standard InChI is InChI=1S/C20H18N4O2S/c25-19(22-9-5-11-24-12-10-21-14-24)18-17(15-6-2-1-3-7-15)23-20(27-18)16-8-4-13-26-16/h1-4,6-8,10,12-14H,5,9,11H2,(H,22,25). The van der Waals surface area contributed by atoms with Crippen LogP contribution in [0.3, 0.4) is 0 Å². The summed E-state index contributed by atoms with van der Waals surface area (Å²) in [5, 5.41) is 3.69. The number of benzene rings is 1. The zero-order chi connectivity index (χ0) is 18.5. The van der Waals surface area contributed by atoms with Crippen molar-refractivity contribution >= 4 is 17.2 Å². The number of nitrogens with one attached hydrogen (secondary N) is 1. The first-order valence-electron chi connectivity index (χ1n) is 8.65. The van der Waals surface area contributed by atoms with Gasteiger partial charge in [0.2, 0.25) is 0 Å². The first kappa shape index (κ1) is 17.2. The molecule has 0 aliphatic rings. The minimum absolute atomic E-state index is 0.116. The molecule has 4 rings (SSSR count). The van der Waals surface area contributed by atoms with E-state index in [0.717, 1.165) is 18.5 Å². The molecule has 1 amide bonds. The molecule has 0 aliphatic heterocycles. The molecule has 0 atom stereocenters. The number of nitrogens with zero attached hydrogens (tertiary/aromatic N) is 3. The van der Waals surface area contributed by atoms with Crippen molar-refractivity contribution in [1.82, 2.24) is 19.9 Å². The van der Waals surface area contributed by atoms with Crippen LogP contribution in [0.25, 0.3) is 22.0 Å². The molecule has 0 fully saturated rings. The maximum absolute atomic E-state index is 12.8. The zero-order valence-corrected chi connectivity index (χ0v) is 15.4. The van der Waals surface area contributed by atoms with Crippen LogP contribution in [0, 0.1) is 0 Å². The Morgan fingerprint density at radius 3 is 2.81 bits per heavy atom. The van der Waals surface area contributed by atoms with Crippen LogP contribution in [0.15, 0.2) is 71.9 Å². The molecular weight excluding hydrogens is 360 g/mol. The first-order valence-corrected chi connectivity index (χ1v) is 9.47. The summed E-state index contributed by atoms with van der Waals surface area (Å²) in [4.78, 5) is 22.1. The molecular formula is C20H18N4O2S. The van der Waals surface area contributed by atoms with Crippen molar-refractivity contribution in [2.24, 2.45) is 0 Å². The van der Waals surface area contributed by atoms with Crippen LogP contribution in [-0.4, -0.2) is 27.0 Å². The number of carbonyl (C=O) groups excluding carboxylic acids is 1. The van der Waals surface area contributed by atoms with Gasteiger partial charge >= 0.3 is 0 Å². The molecule has 1 aromatic carbocycles. The largest absolute Gasteiger partial charge is 0.462 e. The summed E-state index contributed by atoms with van der Waals surface area (Å²) in [6.45, 7) is 1.39. The van der Waals surface area contributed by atoms with Crippen LogP contribution in [0.2, 0.25) is 0 Å². The van der Waals surface area contributed by atoms with E-state index in [-0.39, 0.29) is 5.91 Å². The Labute approximate surface area is 160 Å². The van der Waals surface area contributed by atoms with Gasteiger partial charge in [-0.3, -0.25) is 4.79 Å². The van der Waals surface area contributed by atoms with Gasteiger partial charge in [0.1, 0.15) is 4.88 Å². The minimum Gasteiger partial charge on any atom is -0.462 e. The van der Waals surface area contributed by atoms with Gasteiger partial charge < -0.3 is 14.3 Å². The Bertz CT molecular complexity index is 992. The number of carbonyl (C=O) groups is 1. The average Bonchev–Trinajstić information content (AvgIpc) is 3.47. The smallest absolute Gasteiger partial charge is 0.263 e. The van der Waals surface area contributed by atoms with Crippen LogP contribution < -0.4 is 5.32 Å². The van der Waals surface area contributed by atoms with Crippen molar-refractivity contribution in [2.75, 3.05) is 6.54 Å². The molecule has 1 N–H and O–H groups in total. The van der Waals surface area contributed by atoms with Crippen LogP contribution in [-0.2, 0) is 6.54 Å². The van der Waals surface area contributed by atoms with Crippen molar-refractivity contribution in [3.05, 3.63) is 72.3 Å². The molecule has 3 heterocycles. The van der Waals surface area contributed by atoms with E-state index in [9.17, 15) is 4.79 Å². The van der Waals surface area contributed by atoms with Crippen LogP contribution in [0.4, 0.5) is 0 Å². The number of hydrogen-bond acceptors (Lipinski definition) is 5. The highest BCUT2D eigenvalue weighted by atomic mass is 32.1. The second-order valence-electron chi connectivity index (χ2n) is 5.95. The van der Waals surface area contributed by atoms with Crippen molar-refractivity contribution in [3.8, 4) is 22.0 Å². The monoisotopic (exact) mass is 378 g/mol. The van der Waals surface area contributed by atoms with Crippen molar-refractivity contribution in [2.45, 2.75) is 13.0 Å². The molecule has 27 heavy (non-hydrogen) atoms. The van der Waals surface area contributed by atoms with Gasteiger partial charge in [-0.15, -0.1) is 11.3 Å². The van der Waals surface area contributed by atoms with E-state index in [1.54, 1.807) is 18.8 Å². The number of aryl methyl sites for hydroxylation is 1. The quantitative estimate of drug-likeness (QED) is 0.492. The van der Waals surface area contributed by atoms with Gasteiger partial charge in [-0.1, -0.05) is 30.3 Å². The summed E-state index contributed by atoms with van der Waals surface area (Å²) in [5.41, 5.74) is 1.59. The number of amides is 1. The normalized spacial score (nSPS) is 10.8. The SMILES string of the molecule is O=C(NCCCn1ccnc1)c1sc(-c2ccco2)nc1-c1ccccc1. The van der Waals surface area contributed by atoms with Crippen LogP contribution in [0.1, 0.15) is 16.1 Å². The van der Waals surface area contributed by atoms with E-state index < -0.39 is 0 Å². The fourth-order valence-corrected chi connectivity index (χ4v) is 3.71.